The lowest BCUT2D eigenvalue weighted by Crippen LogP contribution is -2.19. The third-order valence-corrected chi connectivity index (χ3v) is 4.67. The second-order valence-electron chi connectivity index (χ2n) is 5.43. The van der Waals surface area contributed by atoms with Crippen LogP contribution in [0.1, 0.15) is 5.56 Å². The quantitative estimate of drug-likeness (QED) is 0.652. The first-order chi connectivity index (χ1) is 12.1. The second-order valence-corrected chi connectivity index (χ2v) is 6.44. The maximum absolute atomic E-state index is 14.1. The van der Waals surface area contributed by atoms with Gasteiger partial charge in [-0.05, 0) is 30.7 Å². The SMILES string of the molecule is C=CCn1c(=NC(=O)COc2ccccc2C)sc2cccc(F)c21. The van der Waals surface area contributed by atoms with Gasteiger partial charge < -0.3 is 9.30 Å². The Bertz CT molecular complexity index is 1000. The molecular weight excluding hydrogens is 339 g/mol. The number of thiazole rings is 1. The number of para-hydroxylation sites is 2. The molecule has 2 aromatic carbocycles. The van der Waals surface area contributed by atoms with E-state index in [0.717, 1.165) is 10.3 Å². The number of aromatic nitrogens is 1. The van der Waals surface area contributed by atoms with Crippen molar-refractivity contribution in [3.05, 3.63) is 71.3 Å². The number of hydrogen-bond acceptors (Lipinski definition) is 3. The first-order valence-corrected chi connectivity index (χ1v) is 8.56. The summed E-state index contributed by atoms with van der Waals surface area (Å²) in [6.07, 6.45) is 1.64. The first-order valence-electron chi connectivity index (χ1n) is 7.75. The lowest BCUT2D eigenvalue weighted by molar-refractivity contribution is -0.120. The topological polar surface area (TPSA) is 43.6 Å². The molecule has 0 saturated heterocycles. The van der Waals surface area contributed by atoms with Crippen molar-refractivity contribution in [1.29, 1.82) is 0 Å². The Morgan fingerprint density at radius 3 is 2.88 bits per heavy atom. The summed E-state index contributed by atoms with van der Waals surface area (Å²) in [5, 5.41) is 0. The van der Waals surface area contributed by atoms with Crippen LogP contribution in [-0.4, -0.2) is 17.1 Å². The maximum Gasteiger partial charge on any atom is 0.286 e. The average Bonchev–Trinajstić information content (AvgIpc) is 2.93. The maximum atomic E-state index is 14.1. The summed E-state index contributed by atoms with van der Waals surface area (Å²) in [6, 6.07) is 12.3. The second kappa shape index (κ2) is 7.44. The molecule has 3 rings (SSSR count). The standard InChI is InChI=1S/C19H17FN2O2S/c1-3-11-22-18-14(20)8-6-10-16(18)25-19(22)21-17(23)12-24-15-9-5-4-7-13(15)2/h3-10H,1,11-12H2,2H3. The van der Waals surface area contributed by atoms with Gasteiger partial charge >= 0.3 is 0 Å². The van der Waals surface area contributed by atoms with Crippen molar-refractivity contribution in [3.8, 4) is 5.75 Å². The van der Waals surface area contributed by atoms with Crippen LogP contribution in [0.15, 0.2) is 60.1 Å². The molecule has 6 heteroatoms. The molecule has 0 unspecified atom stereocenters. The number of fused-ring (bicyclic) bond motifs is 1. The van der Waals surface area contributed by atoms with Gasteiger partial charge in [0.2, 0.25) is 0 Å². The van der Waals surface area contributed by atoms with Crippen LogP contribution in [0, 0.1) is 12.7 Å². The number of carbonyl (C=O) groups is 1. The van der Waals surface area contributed by atoms with Crippen molar-refractivity contribution in [1.82, 2.24) is 4.57 Å². The van der Waals surface area contributed by atoms with E-state index in [9.17, 15) is 9.18 Å². The van der Waals surface area contributed by atoms with Gasteiger partial charge in [-0.25, -0.2) is 4.39 Å². The molecule has 3 aromatic rings. The number of ether oxygens (including phenoxy) is 1. The van der Waals surface area contributed by atoms with Gasteiger partial charge in [-0.1, -0.05) is 41.7 Å². The Hall–Kier alpha value is -2.73. The van der Waals surface area contributed by atoms with Crippen LogP contribution in [0.3, 0.4) is 0 Å². The van der Waals surface area contributed by atoms with Crippen LogP contribution < -0.4 is 9.54 Å². The van der Waals surface area contributed by atoms with E-state index in [-0.39, 0.29) is 12.4 Å². The minimum absolute atomic E-state index is 0.171. The Kier molecular flexibility index (Phi) is 5.09. The fraction of sp³-hybridized carbons (Fsp3) is 0.158. The van der Waals surface area contributed by atoms with Gasteiger partial charge in [0.05, 0.1) is 10.2 Å². The molecule has 0 bridgehead atoms. The number of amides is 1. The Morgan fingerprint density at radius 1 is 1.32 bits per heavy atom. The highest BCUT2D eigenvalue weighted by molar-refractivity contribution is 7.16. The molecule has 0 atom stereocenters. The summed E-state index contributed by atoms with van der Waals surface area (Å²) in [4.78, 5) is 16.7. The highest BCUT2D eigenvalue weighted by Crippen LogP contribution is 2.20. The van der Waals surface area contributed by atoms with Gasteiger partial charge in [0.25, 0.3) is 5.91 Å². The van der Waals surface area contributed by atoms with Crippen LogP contribution in [0.25, 0.3) is 10.2 Å². The molecule has 0 aliphatic heterocycles. The van der Waals surface area contributed by atoms with Crippen LogP contribution in [0.2, 0.25) is 0 Å². The molecule has 25 heavy (non-hydrogen) atoms. The molecule has 128 valence electrons. The van der Waals surface area contributed by atoms with Crippen molar-refractivity contribution >= 4 is 27.5 Å². The van der Waals surface area contributed by atoms with Crippen molar-refractivity contribution in [2.75, 3.05) is 6.61 Å². The number of hydrogen-bond donors (Lipinski definition) is 0. The van der Waals surface area contributed by atoms with E-state index in [4.69, 9.17) is 4.74 Å². The molecule has 1 amide bonds. The molecule has 0 spiro atoms. The zero-order valence-electron chi connectivity index (χ0n) is 13.7. The summed E-state index contributed by atoms with van der Waals surface area (Å²) >= 11 is 1.26. The van der Waals surface area contributed by atoms with Crippen LogP contribution in [0.4, 0.5) is 4.39 Å². The Balaban J connectivity index is 1.91. The van der Waals surface area contributed by atoms with Gasteiger partial charge in [-0.15, -0.1) is 6.58 Å². The number of carbonyl (C=O) groups excluding carboxylic acids is 1. The smallest absolute Gasteiger partial charge is 0.286 e. The zero-order valence-corrected chi connectivity index (χ0v) is 14.6. The normalized spacial score (nSPS) is 11.7. The highest BCUT2D eigenvalue weighted by Gasteiger charge is 2.11. The third-order valence-electron chi connectivity index (χ3n) is 3.63. The van der Waals surface area contributed by atoms with E-state index in [1.54, 1.807) is 28.8 Å². The Morgan fingerprint density at radius 2 is 2.12 bits per heavy atom. The molecule has 0 fully saturated rings. The minimum Gasteiger partial charge on any atom is -0.483 e. The lowest BCUT2D eigenvalue weighted by atomic mass is 10.2. The van der Waals surface area contributed by atoms with Gasteiger partial charge in [-0.3, -0.25) is 4.79 Å². The van der Waals surface area contributed by atoms with Crippen molar-refractivity contribution in [3.63, 3.8) is 0 Å². The number of halogens is 1. The van der Waals surface area contributed by atoms with E-state index in [1.165, 1.54) is 17.4 Å². The zero-order chi connectivity index (χ0) is 17.8. The van der Waals surface area contributed by atoms with Crippen molar-refractivity contribution in [2.45, 2.75) is 13.5 Å². The predicted octanol–water partition coefficient (Wildman–Crippen LogP) is 3.84. The predicted molar refractivity (Wildman–Crippen MR) is 97.2 cm³/mol. The minimum atomic E-state index is -0.423. The van der Waals surface area contributed by atoms with Crippen LogP contribution in [0.5, 0.6) is 5.75 Å². The monoisotopic (exact) mass is 356 g/mol. The van der Waals surface area contributed by atoms with Gasteiger partial charge in [0.1, 0.15) is 11.6 Å². The van der Waals surface area contributed by atoms with Gasteiger partial charge in [0, 0.05) is 6.54 Å². The third kappa shape index (κ3) is 3.69. The number of allylic oxidation sites excluding steroid dienone is 1. The Labute approximate surface area is 148 Å². The lowest BCUT2D eigenvalue weighted by Gasteiger charge is -2.06. The molecule has 0 aliphatic rings. The van der Waals surface area contributed by atoms with Crippen LogP contribution >= 0.6 is 11.3 Å². The summed E-state index contributed by atoms with van der Waals surface area (Å²) in [5.41, 5.74) is 1.37. The van der Waals surface area contributed by atoms with E-state index in [2.05, 4.69) is 11.6 Å². The molecule has 0 aliphatic carbocycles. The largest absolute Gasteiger partial charge is 0.483 e. The van der Waals surface area contributed by atoms with Crippen molar-refractivity contribution in [2.24, 2.45) is 4.99 Å². The van der Waals surface area contributed by atoms with Crippen LogP contribution in [-0.2, 0) is 11.3 Å². The number of benzene rings is 2. The summed E-state index contributed by atoms with van der Waals surface area (Å²) in [5.74, 6) is -0.124. The number of rotatable bonds is 5. The van der Waals surface area contributed by atoms with Crippen molar-refractivity contribution < 1.29 is 13.9 Å². The van der Waals surface area contributed by atoms with E-state index >= 15 is 0 Å². The number of nitrogens with zero attached hydrogens (tertiary/aromatic N) is 2. The summed E-state index contributed by atoms with van der Waals surface area (Å²) in [7, 11) is 0. The molecule has 4 nitrogen and oxygen atoms in total. The molecule has 1 aromatic heterocycles. The highest BCUT2D eigenvalue weighted by atomic mass is 32.1. The molecule has 0 N–H and O–H groups in total. The fourth-order valence-electron chi connectivity index (χ4n) is 2.47. The van der Waals surface area contributed by atoms with E-state index in [1.807, 2.05) is 25.1 Å². The van der Waals surface area contributed by atoms with E-state index in [0.29, 0.717) is 22.6 Å². The summed E-state index contributed by atoms with van der Waals surface area (Å²) in [6.45, 7) is 5.79. The molecule has 0 radical (unpaired) electrons. The van der Waals surface area contributed by atoms with Gasteiger partial charge in [-0.2, -0.15) is 4.99 Å². The summed E-state index contributed by atoms with van der Waals surface area (Å²) < 4.78 is 22.0. The molecule has 1 heterocycles. The van der Waals surface area contributed by atoms with Gasteiger partial charge in [0.15, 0.2) is 11.4 Å². The molecular formula is C19H17FN2O2S. The average molecular weight is 356 g/mol. The molecule has 0 saturated carbocycles. The fourth-order valence-corrected chi connectivity index (χ4v) is 3.54. The number of aryl methyl sites for hydroxylation is 1. The van der Waals surface area contributed by atoms with E-state index < -0.39 is 5.91 Å². The first kappa shape index (κ1) is 17.1.